The Morgan fingerprint density at radius 2 is 1.62 bits per heavy atom. The van der Waals surface area contributed by atoms with Gasteiger partial charge in [-0.1, -0.05) is 57.2 Å². The summed E-state index contributed by atoms with van der Waals surface area (Å²) in [6, 6.07) is 18.7. The van der Waals surface area contributed by atoms with Crippen LogP contribution in [0.4, 0.5) is 0 Å². The number of hydrogen-bond acceptors (Lipinski definition) is 6. The number of nitrogens with zero attached hydrogens (tertiary/aromatic N) is 1. The van der Waals surface area contributed by atoms with Crippen molar-refractivity contribution in [2.24, 2.45) is 0 Å². The van der Waals surface area contributed by atoms with E-state index in [2.05, 4.69) is 0 Å². The second kappa shape index (κ2) is 11.4. The molecule has 208 valence electrons. The quantitative estimate of drug-likeness (QED) is 0.168. The molecule has 0 bridgehead atoms. The fraction of sp³-hybridized carbons (Fsp3) is 0.303. The number of aliphatic hydroxyl groups excluding tert-OH is 1. The van der Waals surface area contributed by atoms with Gasteiger partial charge >= 0.3 is 5.97 Å². The first-order valence-corrected chi connectivity index (χ1v) is 13.3. The van der Waals surface area contributed by atoms with Crippen LogP contribution in [0.3, 0.4) is 0 Å². The molecular weight excluding hydrogens is 506 g/mol. The number of Topliss-reactive ketones (excluding diaryl/α,β-unsaturated/α-hetero) is 1. The van der Waals surface area contributed by atoms with E-state index in [0.717, 1.165) is 22.3 Å². The van der Waals surface area contributed by atoms with Crippen molar-refractivity contribution in [3.05, 3.63) is 106 Å². The molecule has 1 aliphatic rings. The van der Waals surface area contributed by atoms with E-state index in [1.165, 1.54) is 12.0 Å². The van der Waals surface area contributed by atoms with E-state index < -0.39 is 23.7 Å². The number of carbonyl (C=O) groups is 3. The van der Waals surface area contributed by atoms with Gasteiger partial charge in [-0.05, 0) is 66.3 Å². The SMILES string of the molecule is CCOc1ccc(/C(O)=C2\C(=O)C(=O)N(Cc3ccc(C(=O)OC)cc3)C2c2ccccc2C)cc1C(C)(C)C. The van der Waals surface area contributed by atoms with Gasteiger partial charge in [0.2, 0.25) is 0 Å². The van der Waals surface area contributed by atoms with Gasteiger partial charge in [0.05, 0.1) is 30.9 Å². The average molecular weight is 542 g/mol. The molecule has 1 aliphatic heterocycles. The van der Waals surface area contributed by atoms with Crippen LogP contribution in [-0.4, -0.2) is 41.4 Å². The molecule has 1 saturated heterocycles. The average Bonchev–Trinajstić information content (AvgIpc) is 3.17. The van der Waals surface area contributed by atoms with E-state index in [0.29, 0.717) is 23.5 Å². The monoisotopic (exact) mass is 541 g/mol. The molecule has 0 radical (unpaired) electrons. The fourth-order valence-corrected chi connectivity index (χ4v) is 5.02. The molecule has 0 aromatic heterocycles. The third-order valence-corrected chi connectivity index (χ3v) is 7.11. The van der Waals surface area contributed by atoms with E-state index in [1.807, 2.05) is 65.0 Å². The summed E-state index contributed by atoms with van der Waals surface area (Å²) in [5.41, 5.74) is 3.80. The predicted octanol–water partition coefficient (Wildman–Crippen LogP) is 6.10. The maximum absolute atomic E-state index is 13.6. The number of likely N-dealkylation sites (tertiary alicyclic amines) is 1. The number of carbonyl (C=O) groups excluding carboxylic acids is 3. The molecule has 3 aromatic carbocycles. The van der Waals surface area contributed by atoms with Gasteiger partial charge in [-0.2, -0.15) is 0 Å². The van der Waals surface area contributed by atoms with Crippen LogP contribution in [0.2, 0.25) is 0 Å². The maximum Gasteiger partial charge on any atom is 0.337 e. The first-order valence-electron chi connectivity index (χ1n) is 13.3. The van der Waals surface area contributed by atoms with Crippen LogP contribution in [-0.2, 0) is 26.3 Å². The zero-order valence-corrected chi connectivity index (χ0v) is 23.8. The van der Waals surface area contributed by atoms with Crippen molar-refractivity contribution in [2.45, 2.75) is 52.6 Å². The van der Waals surface area contributed by atoms with Gasteiger partial charge in [0, 0.05) is 17.7 Å². The van der Waals surface area contributed by atoms with E-state index in [4.69, 9.17) is 9.47 Å². The molecule has 1 atom stereocenters. The molecular formula is C33H35NO6. The molecule has 1 unspecified atom stereocenters. The van der Waals surface area contributed by atoms with Gasteiger partial charge in [0.1, 0.15) is 11.5 Å². The lowest BCUT2D eigenvalue weighted by molar-refractivity contribution is -0.140. The molecule has 1 fully saturated rings. The van der Waals surface area contributed by atoms with Crippen LogP contribution < -0.4 is 4.74 Å². The largest absolute Gasteiger partial charge is 0.507 e. The number of rotatable bonds is 7. The summed E-state index contributed by atoms with van der Waals surface area (Å²) in [4.78, 5) is 40.4. The Balaban J connectivity index is 1.85. The maximum atomic E-state index is 13.6. The van der Waals surface area contributed by atoms with Crippen molar-refractivity contribution in [2.75, 3.05) is 13.7 Å². The number of methoxy groups -OCH3 is 1. The first-order chi connectivity index (χ1) is 19.0. The van der Waals surface area contributed by atoms with Crippen LogP contribution in [0.15, 0.2) is 72.3 Å². The van der Waals surface area contributed by atoms with E-state index >= 15 is 0 Å². The summed E-state index contributed by atoms with van der Waals surface area (Å²) in [6.07, 6.45) is 0. The number of aryl methyl sites for hydroxylation is 1. The fourth-order valence-electron chi connectivity index (χ4n) is 5.02. The molecule has 4 rings (SSSR count). The topological polar surface area (TPSA) is 93.1 Å². The smallest absolute Gasteiger partial charge is 0.337 e. The molecule has 0 saturated carbocycles. The standard InChI is InChI=1S/C33H35NO6/c1-7-40-26-17-16-23(18-25(26)33(3,4)5)29(35)27-28(24-11-9-8-10-20(24)2)34(31(37)30(27)36)19-21-12-14-22(15-13-21)32(38)39-6/h8-18,28,35H,7,19H2,1-6H3/b29-27+. The lowest BCUT2D eigenvalue weighted by Gasteiger charge is -2.27. The molecule has 0 aliphatic carbocycles. The number of ether oxygens (including phenoxy) is 2. The highest BCUT2D eigenvalue weighted by Crippen LogP contribution is 2.42. The van der Waals surface area contributed by atoms with Crippen LogP contribution in [0.5, 0.6) is 5.75 Å². The molecule has 1 N–H and O–H groups in total. The Morgan fingerprint density at radius 1 is 0.975 bits per heavy atom. The molecule has 0 spiro atoms. The summed E-state index contributed by atoms with van der Waals surface area (Å²) in [7, 11) is 1.31. The lowest BCUT2D eigenvalue weighted by atomic mass is 9.84. The van der Waals surface area contributed by atoms with Crippen molar-refractivity contribution < 1.29 is 29.0 Å². The minimum Gasteiger partial charge on any atom is -0.507 e. The van der Waals surface area contributed by atoms with Crippen molar-refractivity contribution in [1.82, 2.24) is 4.90 Å². The summed E-state index contributed by atoms with van der Waals surface area (Å²) in [5, 5.41) is 11.6. The van der Waals surface area contributed by atoms with Gasteiger partial charge in [-0.3, -0.25) is 9.59 Å². The Bertz CT molecular complexity index is 1480. The minimum atomic E-state index is -0.800. The van der Waals surface area contributed by atoms with Crippen LogP contribution in [0.25, 0.3) is 5.76 Å². The van der Waals surface area contributed by atoms with Crippen molar-refractivity contribution in [3.63, 3.8) is 0 Å². The molecule has 40 heavy (non-hydrogen) atoms. The summed E-state index contributed by atoms with van der Waals surface area (Å²) < 4.78 is 10.6. The Kier molecular flexibility index (Phi) is 8.14. The zero-order chi connectivity index (χ0) is 29.2. The van der Waals surface area contributed by atoms with Crippen molar-refractivity contribution in [3.8, 4) is 5.75 Å². The summed E-state index contributed by atoms with van der Waals surface area (Å²) in [5.74, 6) is -1.43. The molecule has 3 aromatic rings. The van der Waals surface area contributed by atoms with Gasteiger partial charge < -0.3 is 19.5 Å². The number of aliphatic hydroxyl groups is 1. The van der Waals surface area contributed by atoms with Crippen LogP contribution >= 0.6 is 0 Å². The van der Waals surface area contributed by atoms with E-state index in [9.17, 15) is 19.5 Å². The van der Waals surface area contributed by atoms with E-state index in [1.54, 1.807) is 36.4 Å². The number of hydrogen-bond donors (Lipinski definition) is 1. The number of ketones is 1. The van der Waals surface area contributed by atoms with Gasteiger partial charge in [0.15, 0.2) is 0 Å². The lowest BCUT2D eigenvalue weighted by Crippen LogP contribution is -2.29. The highest BCUT2D eigenvalue weighted by molar-refractivity contribution is 6.46. The Hall–Kier alpha value is -4.39. The van der Waals surface area contributed by atoms with Crippen LogP contribution in [0, 0.1) is 6.92 Å². The van der Waals surface area contributed by atoms with Crippen LogP contribution in [0.1, 0.15) is 71.9 Å². The van der Waals surface area contributed by atoms with Crippen molar-refractivity contribution in [1.29, 1.82) is 0 Å². The molecule has 7 heteroatoms. The Morgan fingerprint density at radius 3 is 2.23 bits per heavy atom. The highest BCUT2D eigenvalue weighted by Gasteiger charge is 2.46. The van der Waals surface area contributed by atoms with Gasteiger partial charge in [-0.25, -0.2) is 4.79 Å². The second-order valence-electron chi connectivity index (χ2n) is 10.9. The minimum absolute atomic E-state index is 0.0366. The molecule has 1 heterocycles. The van der Waals surface area contributed by atoms with Gasteiger partial charge in [0.25, 0.3) is 11.7 Å². The summed E-state index contributed by atoms with van der Waals surface area (Å²) >= 11 is 0. The van der Waals surface area contributed by atoms with Gasteiger partial charge in [-0.15, -0.1) is 0 Å². The third-order valence-electron chi connectivity index (χ3n) is 7.11. The highest BCUT2D eigenvalue weighted by atomic mass is 16.5. The number of esters is 1. The van der Waals surface area contributed by atoms with Crippen molar-refractivity contribution >= 4 is 23.4 Å². The van der Waals surface area contributed by atoms with E-state index in [-0.39, 0.29) is 23.3 Å². The normalized spacial score (nSPS) is 16.8. The molecule has 1 amide bonds. The molecule has 7 nitrogen and oxygen atoms in total. The second-order valence-corrected chi connectivity index (χ2v) is 10.9. The number of amides is 1. The third kappa shape index (κ3) is 5.50. The number of benzene rings is 3. The predicted molar refractivity (Wildman–Crippen MR) is 153 cm³/mol. The Labute approximate surface area is 235 Å². The summed E-state index contributed by atoms with van der Waals surface area (Å²) in [6.45, 7) is 10.6. The zero-order valence-electron chi connectivity index (χ0n) is 23.8. The first kappa shape index (κ1) is 28.6.